The predicted molar refractivity (Wildman–Crippen MR) is 66.9 cm³/mol. The fourth-order valence-electron chi connectivity index (χ4n) is 1.85. The van der Waals surface area contributed by atoms with Gasteiger partial charge in [0.25, 0.3) is 0 Å². The van der Waals surface area contributed by atoms with E-state index < -0.39 is 11.6 Å². The average molecular weight is 249 g/mol. The Morgan fingerprint density at radius 1 is 1.39 bits per heavy atom. The van der Waals surface area contributed by atoms with Crippen molar-refractivity contribution in [3.8, 4) is 11.3 Å². The second kappa shape index (κ2) is 4.60. The van der Waals surface area contributed by atoms with Crippen LogP contribution in [-0.4, -0.2) is 9.55 Å². The van der Waals surface area contributed by atoms with Gasteiger partial charge in [-0.3, -0.25) is 0 Å². The van der Waals surface area contributed by atoms with Crippen LogP contribution in [0.15, 0.2) is 30.9 Å². The third-order valence-electron chi connectivity index (χ3n) is 2.71. The van der Waals surface area contributed by atoms with Crippen LogP contribution in [0.25, 0.3) is 11.3 Å². The van der Waals surface area contributed by atoms with Crippen molar-refractivity contribution in [2.45, 2.75) is 13.5 Å². The second-order valence-corrected chi connectivity index (χ2v) is 3.89. The van der Waals surface area contributed by atoms with Crippen molar-refractivity contribution in [1.82, 2.24) is 9.55 Å². The zero-order chi connectivity index (χ0) is 13.3. The van der Waals surface area contributed by atoms with Gasteiger partial charge < -0.3 is 10.3 Å². The fourth-order valence-corrected chi connectivity index (χ4v) is 1.85. The summed E-state index contributed by atoms with van der Waals surface area (Å²) in [6.45, 7) is 5.77. The van der Waals surface area contributed by atoms with Crippen LogP contribution in [-0.2, 0) is 6.54 Å². The molecular weight excluding hydrogens is 236 g/mol. The summed E-state index contributed by atoms with van der Waals surface area (Å²) in [4.78, 5) is 4.13. The van der Waals surface area contributed by atoms with E-state index in [9.17, 15) is 8.78 Å². The van der Waals surface area contributed by atoms with Crippen molar-refractivity contribution in [2.75, 3.05) is 5.73 Å². The molecular formula is C13H13F2N3. The van der Waals surface area contributed by atoms with Gasteiger partial charge in [-0.2, -0.15) is 0 Å². The number of allylic oxidation sites excluding steroid dienone is 1. The first kappa shape index (κ1) is 12.3. The molecule has 0 saturated heterocycles. The Morgan fingerprint density at radius 3 is 2.56 bits per heavy atom. The molecule has 0 aliphatic carbocycles. The molecule has 1 heterocycles. The van der Waals surface area contributed by atoms with Crippen LogP contribution in [0, 0.1) is 18.6 Å². The number of nitrogen functional groups attached to an aromatic ring is 1. The molecule has 1 aromatic heterocycles. The number of hydrogen-bond acceptors (Lipinski definition) is 2. The zero-order valence-electron chi connectivity index (χ0n) is 9.95. The minimum absolute atomic E-state index is 0.130. The highest BCUT2D eigenvalue weighted by Gasteiger charge is 2.19. The van der Waals surface area contributed by atoms with Crippen LogP contribution in [0.3, 0.4) is 0 Å². The van der Waals surface area contributed by atoms with E-state index in [0.29, 0.717) is 12.4 Å². The maximum atomic E-state index is 13.7. The highest BCUT2D eigenvalue weighted by molar-refractivity contribution is 5.72. The lowest BCUT2D eigenvalue weighted by molar-refractivity contribution is 0.589. The molecule has 3 nitrogen and oxygen atoms in total. The van der Waals surface area contributed by atoms with Crippen LogP contribution in [0.4, 0.5) is 14.6 Å². The SMILES string of the molecule is C=CCn1c(C)nc(-c2c(F)cccc2F)c1N. The van der Waals surface area contributed by atoms with Gasteiger partial charge >= 0.3 is 0 Å². The molecule has 0 aliphatic heterocycles. The van der Waals surface area contributed by atoms with Crippen LogP contribution in [0.5, 0.6) is 0 Å². The topological polar surface area (TPSA) is 43.8 Å². The Morgan fingerprint density at radius 2 is 2.00 bits per heavy atom. The minimum atomic E-state index is -0.676. The van der Waals surface area contributed by atoms with E-state index in [1.165, 1.54) is 18.2 Å². The van der Waals surface area contributed by atoms with Gasteiger partial charge in [-0.05, 0) is 19.1 Å². The fraction of sp³-hybridized carbons (Fsp3) is 0.154. The Hall–Kier alpha value is -2.17. The summed E-state index contributed by atoms with van der Waals surface area (Å²) in [5, 5.41) is 0. The molecule has 0 amide bonds. The molecule has 0 atom stereocenters. The van der Waals surface area contributed by atoms with E-state index in [-0.39, 0.29) is 17.1 Å². The second-order valence-electron chi connectivity index (χ2n) is 3.89. The smallest absolute Gasteiger partial charge is 0.135 e. The van der Waals surface area contributed by atoms with Gasteiger partial charge in [0.05, 0.1) is 5.56 Å². The van der Waals surface area contributed by atoms with Crippen molar-refractivity contribution in [3.63, 3.8) is 0 Å². The van der Waals surface area contributed by atoms with Crippen molar-refractivity contribution >= 4 is 5.82 Å². The van der Waals surface area contributed by atoms with E-state index in [1.54, 1.807) is 17.6 Å². The zero-order valence-corrected chi connectivity index (χ0v) is 9.95. The lowest BCUT2D eigenvalue weighted by Crippen LogP contribution is -2.03. The lowest BCUT2D eigenvalue weighted by Gasteiger charge is -2.05. The normalized spacial score (nSPS) is 10.6. The van der Waals surface area contributed by atoms with Gasteiger partial charge in [-0.1, -0.05) is 12.1 Å². The first-order chi connectivity index (χ1) is 8.56. The van der Waals surface area contributed by atoms with E-state index in [4.69, 9.17) is 5.73 Å². The predicted octanol–water partition coefficient (Wildman–Crippen LogP) is 2.90. The van der Waals surface area contributed by atoms with E-state index >= 15 is 0 Å². The molecule has 0 radical (unpaired) electrons. The Kier molecular flexibility index (Phi) is 3.14. The molecule has 0 fully saturated rings. The lowest BCUT2D eigenvalue weighted by atomic mass is 10.1. The van der Waals surface area contributed by atoms with E-state index in [1.807, 2.05) is 0 Å². The van der Waals surface area contributed by atoms with E-state index in [2.05, 4.69) is 11.6 Å². The first-order valence-electron chi connectivity index (χ1n) is 5.44. The molecule has 1 aromatic carbocycles. The first-order valence-corrected chi connectivity index (χ1v) is 5.44. The van der Waals surface area contributed by atoms with Crippen LogP contribution in [0.1, 0.15) is 5.82 Å². The Balaban J connectivity index is 2.65. The molecule has 94 valence electrons. The van der Waals surface area contributed by atoms with Gasteiger partial charge in [-0.15, -0.1) is 6.58 Å². The molecule has 18 heavy (non-hydrogen) atoms. The summed E-state index contributed by atoms with van der Waals surface area (Å²) in [5.74, 6) is -0.531. The summed E-state index contributed by atoms with van der Waals surface area (Å²) in [6, 6.07) is 3.66. The number of rotatable bonds is 3. The number of aromatic nitrogens is 2. The quantitative estimate of drug-likeness (QED) is 0.850. The van der Waals surface area contributed by atoms with Crippen LogP contribution < -0.4 is 5.73 Å². The van der Waals surface area contributed by atoms with Crippen molar-refractivity contribution in [1.29, 1.82) is 0 Å². The number of hydrogen-bond donors (Lipinski definition) is 1. The Bertz CT molecular complexity index is 582. The van der Waals surface area contributed by atoms with Crippen LogP contribution in [0.2, 0.25) is 0 Å². The molecule has 2 aromatic rings. The number of imidazole rings is 1. The number of halogens is 2. The van der Waals surface area contributed by atoms with Gasteiger partial charge in [-0.25, -0.2) is 13.8 Å². The maximum absolute atomic E-state index is 13.7. The van der Waals surface area contributed by atoms with Gasteiger partial charge in [0.2, 0.25) is 0 Å². The minimum Gasteiger partial charge on any atom is -0.383 e. The van der Waals surface area contributed by atoms with Crippen LogP contribution >= 0.6 is 0 Å². The molecule has 5 heteroatoms. The maximum Gasteiger partial charge on any atom is 0.135 e. The number of aryl methyl sites for hydroxylation is 1. The van der Waals surface area contributed by atoms with Crippen molar-refractivity contribution < 1.29 is 8.78 Å². The molecule has 0 spiro atoms. The highest BCUT2D eigenvalue weighted by atomic mass is 19.1. The monoisotopic (exact) mass is 249 g/mol. The van der Waals surface area contributed by atoms with Gasteiger partial charge in [0.15, 0.2) is 0 Å². The molecule has 0 aliphatic rings. The summed E-state index contributed by atoms with van der Waals surface area (Å²) in [7, 11) is 0. The number of anilines is 1. The third-order valence-corrected chi connectivity index (χ3v) is 2.71. The highest BCUT2D eigenvalue weighted by Crippen LogP contribution is 2.30. The number of benzene rings is 1. The standard InChI is InChI=1S/C13H13F2N3/c1-3-7-18-8(2)17-12(13(18)16)11-9(14)5-4-6-10(11)15/h3-6H,1,7,16H2,2H3. The number of nitrogens with zero attached hydrogens (tertiary/aromatic N) is 2. The summed E-state index contributed by atoms with van der Waals surface area (Å²) in [5.41, 5.74) is 5.82. The molecule has 0 saturated carbocycles. The van der Waals surface area contributed by atoms with Crippen molar-refractivity contribution in [2.24, 2.45) is 0 Å². The Labute approximate surface area is 104 Å². The number of nitrogens with two attached hydrogens (primary N) is 1. The van der Waals surface area contributed by atoms with Gasteiger partial charge in [0.1, 0.15) is 29.0 Å². The molecule has 0 bridgehead atoms. The third kappa shape index (κ3) is 1.88. The van der Waals surface area contributed by atoms with E-state index in [0.717, 1.165) is 0 Å². The molecule has 0 unspecified atom stereocenters. The molecule has 2 N–H and O–H groups in total. The summed E-state index contributed by atoms with van der Waals surface area (Å²) < 4.78 is 29.0. The molecule has 2 rings (SSSR count). The largest absolute Gasteiger partial charge is 0.383 e. The summed E-state index contributed by atoms with van der Waals surface area (Å²) >= 11 is 0. The van der Waals surface area contributed by atoms with Crippen molar-refractivity contribution in [3.05, 3.63) is 48.3 Å². The summed E-state index contributed by atoms with van der Waals surface area (Å²) in [6.07, 6.45) is 1.65. The average Bonchev–Trinajstić information content (AvgIpc) is 2.58. The van der Waals surface area contributed by atoms with Gasteiger partial charge in [0, 0.05) is 6.54 Å².